The van der Waals surface area contributed by atoms with Crippen LogP contribution in [-0.2, 0) is 6.42 Å². The fourth-order valence-corrected chi connectivity index (χ4v) is 3.31. The van der Waals surface area contributed by atoms with E-state index in [0.717, 1.165) is 17.5 Å². The summed E-state index contributed by atoms with van der Waals surface area (Å²) in [6, 6.07) is 9.81. The number of nitrogens with zero attached hydrogens (tertiary/aromatic N) is 1. The first-order valence-corrected chi connectivity index (χ1v) is 8.45. The van der Waals surface area contributed by atoms with Crippen molar-refractivity contribution in [3.63, 3.8) is 0 Å². The first kappa shape index (κ1) is 17.3. The molecule has 1 amide bonds. The van der Waals surface area contributed by atoms with Crippen molar-refractivity contribution in [1.29, 1.82) is 0 Å². The van der Waals surface area contributed by atoms with Gasteiger partial charge in [-0.1, -0.05) is 6.07 Å². The molecule has 2 aromatic carbocycles. The van der Waals surface area contributed by atoms with E-state index in [1.165, 1.54) is 12.1 Å². The number of methoxy groups -OCH3 is 1. The van der Waals surface area contributed by atoms with E-state index < -0.39 is 0 Å². The van der Waals surface area contributed by atoms with Gasteiger partial charge in [-0.2, -0.15) is 0 Å². The van der Waals surface area contributed by atoms with Gasteiger partial charge in [0.1, 0.15) is 5.82 Å². The van der Waals surface area contributed by atoms with Crippen LogP contribution in [0, 0.1) is 5.82 Å². The highest BCUT2D eigenvalue weighted by molar-refractivity contribution is 5.95. The lowest BCUT2D eigenvalue weighted by Crippen LogP contribution is -2.38. The third kappa shape index (κ3) is 3.31. The minimum Gasteiger partial charge on any atom is -0.493 e. The maximum absolute atomic E-state index is 13.6. The van der Waals surface area contributed by atoms with E-state index >= 15 is 0 Å². The smallest absolute Gasteiger partial charge is 0.254 e. The molecule has 0 saturated carbocycles. The predicted octanol–water partition coefficient (Wildman–Crippen LogP) is 3.99. The highest BCUT2D eigenvalue weighted by Crippen LogP contribution is 2.33. The molecular formula is C20H22FNO3. The third-order valence-corrected chi connectivity index (χ3v) is 4.62. The van der Waals surface area contributed by atoms with E-state index in [1.54, 1.807) is 30.2 Å². The van der Waals surface area contributed by atoms with Crippen LogP contribution in [-0.4, -0.2) is 31.1 Å². The van der Waals surface area contributed by atoms with Gasteiger partial charge in [-0.15, -0.1) is 0 Å². The molecule has 5 heteroatoms. The molecule has 25 heavy (non-hydrogen) atoms. The van der Waals surface area contributed by atoms with E-state index in [4.69, 9.17) is 9.47 Å². The van der Waals surface area contributed by atoms with Crippen molar-refractivity contribution in [2.45, 2.75) is 26.3 Å². The summed E-state index contributed by atoms with van der Waals surface area (Å²) in [6.45, 7) is 4.91. The summed E-state index contributed by atoms with van der Waals surface area (Å²) in [5.41, 5.74) is 2.51. The zero-order valence-corrected chi connectivity index (χ0v) is 14.7. The van der Waals surface area contributed by atoms with E-state index in [2.05, 4.69) is 0 Å². The molecular weight excluding hydrogens is 321 g/mol. The Morgan fingerprint density at radius 1 is 1.24 bits per heavy atom. The van der Waals surface area contributed by atoms with Gasteiger partial charge in [0, 0.05) is 12.1 Å². The standard InChI is InChI=1S/C20H22FNO3/c1-4-25-19-11-15(6-8-18(19)24-3)20(23)22-10-9-14-5-7-16(21)12-17(14)13(22)2/h5-8,11-13H,4,9-10H2,1-3H3. The van der Waals surface area contributed by atoms with Crippen LogP contribution in [0.25, 0.3) is 0 Å². The average Bonchev–Trinajstić information content (AvgIpc) is 2.62. The Morgan fingerprint density at radius 2 is 2.04 bits per heavy atom. The van der Waals surface area contributed by atoms with Gasteiger partial charge >= 0.3 is 0 Å². The maximum Gasteiger partial charge on any atom is 0.254 e. The molecule has 1 aliphatic heterocycles. The zero-order valence-electron chi connectivity index (χ0n) is 14.7. The zero-order chi connectivity index (χ0) is 18.0. The van der Waals surface area contributed by atoms with Crippen molar-refractivity contribution in [3.05, 3.63) is 58.9 Å². The Labute approximate surface area is 147 Å². The lowest BCUT2D eigenvalue weighted by atomic mass is 9.93. The molecule has 4 nitrogen and oxygen atoms in total. The molecule has 0 bridgehead atoms. The molecule has 0 N–H and O–H groups in total. The second-order valence-electron chi connectivity index (χ2n) is 6.07. The molecule has 0 radical (unpaired) electrons. The molecule has 1 atom stereocenters. The Bertz CT molecular complexity index is 791. The molecule has 0 spiro atoms. The van der Waals surface area contributed by atoms with Crippen molar-refractivity contribution in [1.82, 2.24) is 4.90 Å². The molecule has 3 rings (SSSR count). The summed E-state index contributed by atoms with van der Waals surface area (Å²) in [5.74, 6) is 0.776. The summed E-state index contributed by atoms with van der Waals surface area (Å²) in [7, 11) is 1.57. The number of carbonyl (C=O) groups excluding carboxylic acids is 1. The van der Waals surface area contributed by atoms with Gasteiger partial charge in [-0.3, -0.25) is 4.79 Å². The Kier molecular flexibility index (Phi) is 4.93. The number of hydrogen-bond acceptors (Lipinski definition) is 3. The molecule has 0 saturated heterocycles. The van der Waals surface area contributed by atoms with Gasteiger partial charge in [-0.05, 0) is 61.7 Å². The van der Waals surface area contributed by atoms with Gasteiger partial charge < -0.3 is 14.4 Å². The van der Waals surface area contributed by atoms with E-state index in [1.807, 2.05) is 19.9 Å². The minimum atomic E-state index is -0.275. The second-order valence-corrected chi connectivity index (χ2v) is 6.07. The van der Waals surface area contributed by atoms with E-state index in [9.17, 15) is 9.18 Å². The average molecular weight is 343 g/mol. The maximum atomic E-state index is 13.6. The first-order chi connectivity index (χ1) is 12.0. The number of halogens is 1. The number of carbonyl (C=O) groups is 1. The topological polar surface area (TPSA) is 38.8 Å². The molecule has 0 fully saturated rings. The summed E-state index contributed by atoms with van der Waals surface area (Å²) in [6.07, 6.45) is 0.722. The predicted molar refractivity (Wildman–Crippen MR) is 93.7 cm³/mol. The second kappa shape index (κ2) is 7.13. The molecule has 0 aliphatic carbocycles. The van der Waals surface area contributed by atoms with Crippen molar-refractivity contribution < 1.29 is 18.7 Å². The quantitative estimate of drug-likeness (QED) is 0.842. The van der Waals surface area contributed by atoms with E-state index in [-0.39, 0.29) is 17.8 Å². The van der Waals surface area contributed by atoms with Crippen LogP contribution in [0.4, 0.5) is 4.39 Å². The fraction of sp³-hybridized carbons (Fsp3) is 0.350. The van der Waals surface area contributed by atoms with Crippen LogP contribution >= 0.6 is 0 Å². The number of hydrogen-bond donors (Lipinski definition) is 0. The highest BCUT2D eigenvalue weighted by atomic mass is 19.1. The first-order valence-electron chi connectivity index (χ1n) is 8.45. The van der Waals surface area contributed by atoms with Crippen molar-refractivity contribution >= 4 is 5.91 Å². The van der Waals surface area contributed by atoms with Gasteiger partial charge in [0.2, 0.25) is 0 Å². The monoisotopic (exact) mass is 343 g/mol. The molecule has 2 aromatic rings. The van der Waals surface area contributed by atoms with Gasteiger partial charge in [0.25, 0.3) is 5.91 Å². The number of rotatable bonds is 4. The molecule has 1 heterocycles. The van der Waals surface area contributed by atoms with Crippen LogP contribution in [0.15, 0.2) is 36.4 Å². The lowest BCUT2D eigenvalue weighted by molar-refractivity contribution is 0.0676. The fourth-order valence-electron chi connectivity index (χ4n) is 3.31. The van der Waals surface area contributed by atoms with Crippen molar-refractivity contribution in [2.24, 2.45) is 0 Å². The molecule has 1 unspecified atom stereocenters. The largest absolute Gasteiger partial charge is 0.493 e. The highest BCUT2D eigenvalue weighted by Gasteiger charge is 2.29. The van der Waals surface area contributed by atoms with Crippen molar-refractivity contribution in [2.75, 3.05) is 20.3 Å². The molecule has 132 valence electrons. The van der Waals surface area contributed by atoms with E-state index in [0.29, 0.717) is 30.2 Å². The Morgan fingerprint density at radius 3 is 2.76 bits per heavy atom. The van der Waals surface area contributed by atoms with Crippen LogP contribution in [0.5, 0.6) is 11.5 Å². The van der Waals surface area contributed by atoms with Gasteiger partial charge in [0.15, 0.2) is 11.5 Å². The summed E-state index contributed by atoms with van der Waals surface area (Å²) in [5, 5.41) is 0. The SMILES string of the molecule is CCOc1cc(C(=O)N2CCc3ccc(F)cc3C2C)ccc1OC. The van der Waals surface area contributed by atoms with Gasteiger partial charge in [0.05, 0.1) is 19.8 Å². The summed E-state index contributed by atoms with van der Waals surface area (Å²) >= 11 is 0. The third-order valence-electron chi connectivity index (χ3n) is 4.62. The lowest BCUT2D eigenvalue weighted by Gasteiger charge is -2.35. The molecule has 0 aromatic heterocycles. The summed E-state index contributed by atoms with van der Waals surface area (Å²) < 4.78 is 24.4. The Hall–Kier alpha value is -2.56. The van der Waals surface area contributed by atoms with Crippen LogP contribution in [0.3, 0.4) is 0 Å². The number of fused-ring (bicyclic) bond motifs is 1. The molecule has 1 aliphatic rings. The van der Waals surface area contributed by atoms with Crippen LogP contribution < -0.4 is 9.47 Å². The van der Waals surface area contributed by atoms with Crippen LogP contribution in [0.1, 0.15) is 41.4 Å². The number of ether oxygens (including phenoxy) is 2. The number of amides is 1. The number of benzene rings is 2. The van der Waals surface area contributed by atoms with Crippen molar-refractivity contribution in [3.8, 4) is 11.5 Å². The summed E-state index contributed by atoms with van der Waals surface area (Å²) in [4.78, 5) is 14.8. The Balaban J connectivity index is 1.90. The van der Waals surface area contributed by atoms with Crippen LogP contribution in [0.2, 0.25) is 0 Å². The van der Waals surface area contributed by atoms with Gasteiger partial charge in [-0.25, -0.2) is 4.39 Å². The minimum absolute atomic E-state index is 0.0917. The normalized spacial score (nSPS) is 16.3.